The molecule has 0 aromatic rings. The van der Waals surface area contributed by atoms with Crippen LogP contribution in [0.2, 0.25) is 0 Å². The first-order valence-electron chi connectivity index (χ1n) is 11.4. The molecule has 3 saturated carbocycles. The largest absolute Gasteiger partial charge is 0.481 e. The first kappa shape index (κ1) is 20.9. The molecule has 0 spiro atoms. The molecular formula is C24H40O3. The Balaban J connectivity index is 1.66. The van der Waals surface area contributed by atoms with Crippen LogP contribution in [0.4, 0.5) is 0 Å². The van der Waals surface area contributed by atoms with Crippen molar-refractivity contribution in [2.24, 2.45) is 40.9 Å². The van der Waals surface area contributed by atoms with Crippen LogP contribution in [0.1, 0.15) is 85.0 Å². The Morgan fingerprint density at radius 3 is 2.63 bits per heavy atom. The van der Waals surface area contributed by atoms with Crippen molar-refractivity contribution in [3.05, 3.63) is 12.2 Å². The standard InChI is InChI=1S/C24H40O3/c1-16-6-10-20(25)15-19(16)9-8-18-5-4-14-24(3)21(11-12-22(18)24)17(2)7-13-23(26)27/h8-9,16-22,25H,4-7,10-15H2,1-3H3,(H,26,27)/b9-8-/t16?,17-,18?,19?,20?,21?,22?,24?/m1/s1. The third-order valence-electron chi connectivity index (χ3n) is 8.59. The summed E-state index contributed by atoms with van der Waals surface area (Å²) in [5, 5.41) is 19.1. The number of allylic oxidation sites excluding steroid dienone is 2. The summed E-state index contributed by atoms with van der Waals surface area (Å²) >= 11 is 0. The van der Waals surface area contributed by atoms with Crippen LogP contribution in [0.15, 0.2) is 12.2 Å². The molecule has 0 aliphatic heterocycles. The number of aliphatic carboxylic acids is 1. The zero-order chi connectivity index (χ0) is 19.6. The van der Waals surface area contributed by atoms with E-state index in [-0.39, 0.29) is 6.10 Å². The summed E-state index contributed by atoms with van der Waals surface area (Å²) in [6.45, 7) is 7.12. The Kier molecular flexibility index (Phi) is 6.71. The molecule has 8 atom stereocenters. The van der Waals surface area contributed by atoms with Crippen molar-refractivity contribution < 1.29 is 15.0 Å². The highest BCUT2D eigenvalue weighted by Gasteiger charge is 2.51. The zero-order valence-electron chi connectivity index (χ0n) is 17.6. The molecule has 3 rings (SSSR count). The van der Waals surface area contributed by atoms with E-state index in [1.54, 1.807) is 0 Å². The van der Waals surface area contributed by atoms with Gasteiger partial charge in [0.15, 0.2) is 0 Å². The van der Waals surface area contributed by atoms with E-state index in [1.807, 2.05) is 0 Å². The molecule has 7 unspecified atom stereocenters. The number of hydrogen-bond donors (Lipinski definition) is 2. The maximum Gasteiger partial charge on any atom is 0.303 e. The monoisotopic (exact) mass is 376 g/mol. The number of carbonyl (C=O) groups is 1. The van der Waals surface area contributed by atoms with E-state index in [0.29, 0.717) is 41.4 Å². The molecule has 0 aromatic carbocycles. The lowest BCUT2D eigenvalue weighted by atomic mass is 9.59. The minimum absolute atomic E-state index is 0.113. The minimum atomic E-state index is -0.658. The lowest BCUT2D eigenvalue weighted by Gasteiger charge is -2.46. The van der Waals surface area contributed by atoms with Gasteiger partial charge in [-0.05, 0) is 92.3 Å². The molecule has 0 amide bonds. The second-order valence-corrected chi connectivity index (χ2v) is 10.3. The van der Waals surface area contributed by atoms with Gasteiger partial charge >= 0.3 is 5.97 Å². The van der Waals surface area contributed by atoms with Gasteiger partial charge in [0.25, 0.3) is 0 Å². The van der Waals surface area contributed by atoms with Gasteiger partial charge in [0.05, 0.1) is 6.10 Å². The number of fused-ring (bicyclic) bond motifs is 1. The molecule has 3 fully saturated rings. The van der Waals surface area contributed by atoms with Crippen molar-refractivity contribution in [2.45, 2.75) is 91.1 Å². The van der Waals surface area contributed by atoms with Crippen molar-refractivity contribution >= 4 is 5.97 Å². The van der Waals surface area contributed by atoms with Crippen molar-refractivity contribution in [3.63, 3.8) is 0 Å². The first-order valence-corrected chi connectivity index (χ1v) is 11.4. The molecule has 0 bridgehead atoms. The van der Waals surface area contributed by atoms with Crippen LogP contribution in [0, 0.1) is 40.9 Å². The summed E-state index contributed by atoms with van der Waals surface area (Å²) in [6, 6.07) is 0. The van der Waals surface area contributed by atoms with Gasteiger partial charge < -0.3 is 10.2 Å². The molecule has 0 radical (unpaired) electrons. The van der Waals surface area contributed by atoms with Gasteiger partial charge in [0.2, 0.25) is 0 Å². The maximum atomic E-state index is 11.0. The number of rotatable bonds is 6. The van der Waals surface area contributed by atoms with E-state index >= 15 is 0 Å². The molecule has 0 saturated heterocycles. The summed E-state index contributed by atoms with van der Waals surface area (Å²) in [4.78, 5) is 11.0. The summed E-state index contributed by atoms with van der Waals surface area (Å²) in [5.41, 5.74) is 0.378. The van der Waals surface area contributed by atoms with Crippen LogP contribution in [0.25, 0.3) is 0 Å². The minimum Gasteiger partial charge on any atom is -0.481 e. The van der Waals surface area contributed by atoms with Crippen molar-refractivity contribution in [1.82, 2.24) is 0 Å². The van der Waals surface area contributed by atoms with E-state index in [4.69, 9.17) is 5.11 Å². The van der Waals surface area contributed by atoms with Crippen LogP contribution in [0.3, 0.4) is 0 Å². The molecule has 2 N–H and O–H groups in total. The Labute approximate surface area is 165 Å². The zero-order valence-corrected chi connectivity index (χ0v) is 17.6. The van der Waals surface area contributed by atoms with Gasteiger partial charge in [-0.25, -0.2) is 0 Å². The Morgan fingerprint density at radius 1 is 1.15 bits per heavy atom. The topological polar surface area (TPSA) is 57.5 Å². The highest BCUT2D eigenvalue weighted by Crippen LogP contribution is 2.60. The second-order valence-electron chi connectivity index (χ2n) is 10.3. The Bertz CT molecular complexity index is 542. The molecule has 3 nitrogen and oxygen atoms in total. The summed E-state index contributed by atoms with van der Waals surface area (Å²) in [6.07, 6.45) is 15.5. The highest BCUT2D eigenvalue weighted by atomic mass is 16.4. The fourth-order valence-corrected chi connectivity index (χ4v) is 6.89. The molecule has 3 aliphatic carbocycles. The number of carboxylic acids is 1. The predicted octanol–water partition coefficient (Wildman–Crippen LogP) is 5.67. The lowest BCUT2D eigenvalue weighted by Crippen LogP contribution is -2.38. The van der Waals surface area contributed by atoms with Gasteiger partial charge in [-0.1, -0.05) is 39.3 Å². The molecule has 0 heterocycles. The van der Waals surface area contributed by atoms with Gasteiger partial charge in [-0.15, -0.1) is 0 Å². The van der Waals surface area contributed by atoms with E-state index < -0.39 is 5.97 Å². The van der Waals surface area contributed by atoms with E-state index in [2.05, 4.69) is 32.9 Å². The van der Waals surface area contributed by atoms with Crippen LogP contribution in [-0.4, -0.2) is 22.3 Å². The van der Waals surface area contributed by atoms with Gasteiger partial charge in [-0.3, -0.25) is 4.79 Å². The van der Waals surface area contributed by atoms with Gasteiger partial charge in [-0.2, -0.15) is 0 Å². The summed E-state index contributed by atoms with van der Waals surface area (Å²) in [5.74, 6) is 3.17. The average molecular weight is 377 g/mol. The summed E-state index contributed by atoms with van der Waals surface area (Å²) < 4.78 is 0. The molecule has 3 aliphatic rings. The van der Waals surface area contributed by atoms with Gasteiger partial charge in [0.1, 0.15) is 0 Å². The Hall–Kier alpha value is -0.830. The molecule has 154 valence electrons. The van der Waals surface area contributed by atoms with Crippen molar-refractivity contribution in [3.8, 4) is 0 Å². The molecular weight excluding hydrogens is 336 g/mol. The average Bonchev–Trinajstić information content (AvgIpc) is 2.98. The quantitative estimate of drug-likeness (QED) is 0.587. The first-order chi connectivity index (χ1) is 12.8. The van der Waals surface area contributed by atoms with Crippen LogP contribution < -0.4 is 0 Å². The summed E-state index contributed by atoms with van der Waals surface area (Å²) in [7, 11) is 0. The molecule has 0 aromatic heterocycles. The maximum absolute atomic E-state index is 11.0. The fraction of sp³-hybridized carbons (Fsp3) is 0.875. The Morgan fingerprint density at radius 2 is 1.89 bits per heavy atom. The molecule has 3 heteroatoms. The fourth-order valence-electron chi connectivity index (χ4n) is 6.89. The van der Waals surface area contributed by atoms with Crippen LogP contribution in [-0.2, 0) is 4.79 Å². The smallest absolute Gasteiger partial charge is 0.303 e. The van der Waals surface area contributed by atoms with Crippen LogP contribution >= 0.6 is 0 Å². The number of hydrogen-bond acceptors (Lipinski definition) is 2. The molecule has 27 heavy (non-hydrogen) atoms. The SMILES string of the molecule is CC1CCC(O)CC1/C=C\C1CCCC2(C)C1CCC2[C@H](C)CCC(=O)O. The van der Waals surface area contributed by atoms with Crippen molar-refractivity contribution in [1.29, 1.82) is 0 Å². The predicted molar refractivity (Wildman–Crippen MR) is 109 cm³/mol. The number of carboxylic acid groups (broad SMARTS) is 1. The highest BCUT2D eigenvalue weighted by molar-refractivity contribution is 5.66. The van der Waals surface area contributed by atoms with Crippen molar-refractivity contribution in [2.75, 3.05) is 0 Å². The third kappa shape index (κ3) is 4.60. The van der Waals surface area contributed by atoms with E-state index in [9.17, 15) is 9.90 Å². The van der Waals surface area contributed by atoms with E-state index in [1.165, 1.54) is 32.1 Å². The lowest BCUT2D eigenvalue weighted by molar-refractivity contribution is -0.137. The third-order valence-corrected chi connectivity index (χ3v) is 8.59. The number of aliphatic hydroxyl groups is 1. The number of aliphatic hydroxyl groups excluding tert-OH is 1. The second kappa shape index (κ2) is 8.68. The normalized spacial score (nSPS) is 43.6. The van der Waals surface area contributed by atoms with E-state index in [0.717, 1.165) is 31.6 Å². The van der Waals surface area contributed by atoms with Gasteiger partial charge in [0, 0.05) is 6.42 Å². The van der Waals surface area contributed by atoms with Crippen LogP contribution in [0.5, 0.6) is 0 Å².